The van der Waals surface area contributed by atoms with Crippen molar-refractivity contribution in [2.24, 2.45) is 7.05 Å². The summed E-state index contributed by atoms with van der Waals surface area (Å²) in [7, 11) is 1.56. The summed E-state index contributed by atoms with van der Waals surface area (Å²) in [4.78, 5) is 12.3. The normalized spacial score (nSPS) is 10.9. The lowest BCUT2D eigenvalue weighted by Crippen LogP contribution is -2.23. The molecule has 0 atom stereocenters. The average molecular weight is 368 g/mol. The minimum absolute atomic E-state index is 0.248. The summed E-state index contributed by atoms with van der Waals surface area (Å²) in [5, 5.41) is 7.75. The second kappa shape index (κ2) is 7.65. The lowest BCUT2D eigenvalue weighted by atomic mass is 10.1. The molecule has 3 aromatic rings. The monoisotopic (exact) mass is 368 g/mol. The van der Waals surface area contributed by atoms with E-state index in [1.54, 1.807) is 7.05 Å². The second-order valence-corrected chi connectivity index (χ2v) is 6.47. The molecule has 0 spiro atoms. The highest BCUT2D eigenvalue weighted by molar-refractivity contribution is 5.49. The van der Waals surface area contributed by atoms with Crippen molar-refractivity contribution in [3.63, 3.8) is 0 Å². The van der Waals surface area contributed by atoms with Crippen LogP contribution in [-0.4, -0.2) is 26.4 Å². The highest BCUT2D eigenvalue weighted by Crippen LogP contribution is 2.28. The average Bonchev–Trinajstić information content (AvgIpc) is 2.97. The number of nitrogens with zero attached hydrogens (tertiary/aromatic N) is 4. The molecule has 1 aromatic heterocycles. The van der Waals surface area contributed by atoms with Gasteiger partial charge in [0, 0.05) is 7.05 Å². The van der Waals surface area contributed by atoms with Crippen molar-refractivity contribution in [2.75, 3.05) is 6.61 Å². The molecule has 7 heteroatoms. The first-order valence-corrected chi connectivity index (χ1v) is 8.87. The summed E-state index contributed by atoms with van der Waals surface area (Å²) in [6.07, 6.45) is 0. The summed E-state index contributed by atoms with van der Waals surface area (Å²) in [6.45, 7) is 8.82. The van der Waals surface area contributed by atoms with Gasteiger partial charge in [-0.3, -0.25) is 0 Å². The second-order valence-electron chi connectivity index (χ2n) is 6.47. The first-order valence-electron chi connectivity index (χ1n) is 8.87. The Bertz CT molecular complexity index is 1020. The Hall–Kier alpha value is -3.09. The largest absolute Gasteiger partial charge is 0.493 e. The number of aryl methyl sites for hydroxylation is 4. The number of rotatable bonds is 6. The van der Waals surface area contributed by atoms with E-state index in [-0.39, 0.29) is 12.3 Å². The Morgan fingerprint density at radius 1 is 0.963 bits per heavy atom. The first kappa shape index (κ1) is 18.7. The highest BCUT2D eigenvalue weighted by atomic mass is 16.5. The lowest BCUT2D eigenvalue weighted by molar-refractivity contribution is 0.284. The minimum Gasteiger partial charge on any atom is -0.493 e. The molecule has 27 heavy (non-hydrogen) atoms. The van der Waals surface area contributed by atoms with Gasteiger partial charge in [0.15, 0.2) is 0 Å². The quantitative estimate of drug-likeness (QED) is 0.669. The Labute approximate surface area is 158 Å². The van der Waals surface area contributed by atoms with E-state index in [2.05, 4.69) is 30.3 Å². The number of benzene rings is 2. The molecule has 0 N–H and O–H groups in total. The van der Waals surface area contributed by atoms with Gasteiger partial charge in [0.25, 0.3) is 0 Å². The predicted molar refractivity (Wildman–Crippen MR) is 103 cm³/mol. The van der Waals surface area contributed by atoms with E-state index in [0.717, 1.165) is 16.9 Å². The molecule has 2 aromatic carbocycles. The van der Waals surface area contributed by atoms with Crippen molar-refractivity contribution in [1.82, 2.24) is 19.8 Å². The molecule has 7 nitrogen and oxygen atoms in total. The molecule has 1 heterocycles. The van der Waals surface area contributed by atoms with Gasteiger partial charge < -0.3 is 9.47 Å². The van der Waals surface area contributed by atoms with Gasteiger partial charge in [0.2, 0.25) is 0 Å². The fraction of sp³-hybridized carbons (Fsp3) is 0.350. The molecule has 0 bridgehead atoms. The van der Waals surface area contributed by atoms with Gasteiger partial charge in [-0.2, -0.15) is 9.36 Å². The molecule has 0 aliphatic carbocycles. The van der Waals surface area contributed by atoms with E-state index in [1.807, 2.05) is 38.1 Å². The maximum absolute atomic E-state index is 12.3. The van der Waals surface area contributed by atoms with Crippen molar-refractivity contribution in [2.45, 2.75) is 34.3 Å². The molecule has 0 aliphatic rings. The SMILES string of the molecule is CCOc1cccc(-n2nnn(C)c2=O)c1COc1cc(C)c(C)cc1C. The van der Waals surface area contributed by atoms with E-state index in [9.17, 15) is 4.79 Å². The van der Waals surface area contributed by atoms with Crippen molar-refractivity contribution in [3.05, 3.63) is 63.1 Å². The Morgan fingerprint density at radius 3 is 2.37 bits per heavy atom. The van der Waals surface area contributed by atoms with E-state index < -0.39 is 0 Å². The zero-order valence-electron chi connectivity index (χ0n) is 16.3. The third-order valence-corrected chi connectivity index (χ3v) is 4.52. The number of aromatic nitrogens is 4. The van der Waals surface area contributed by atoms with Gasteiger partial charge in [-0.05, 0) is 73.0 Å². The molecule has 0 saturated carbocycles. The van der Waals surface area contributed by atoms with Crippen LogP contribution in [-0.2, 0) is 13.7 Å². The van der Waals surface area contributed by atoms with Crippen LogP contribution < -0.4 is 15.2 Å². The van der Waals surface area contributed by atoms with Crippen LogP contribution in [0.25, 0.3) is 5.69 Å². The molecular formula is C20H24N4O3. The molecule has 0 saturated heterocycles. The first-order chi connectivity index (χ1) is 12.9. The van der Waals surface area contributed by atoms with Crippen molar-refractivity contribution < 1.29 is 9.47 Å². The van der Waals surface area contributed by atoms with Crippen LogP contribution in [0.3, 0.4) is 0 Å². The van der Waals surface area contributed by atoms with Crippen LogP contribution >= 0.6 is 0 Å². The van der Waals surface area contributed by atoms with Crippen LogP contribution in [0.15, 0.2) is 35.1 Å². The molecule has 142 valence electrons. The van der Waals surface area contributed by atoms with E-state index >= 15 is 0 Å². The van der Waals surface area contributed by atoms with Crippen LogP contribution in [0.2, 0.25) is 0 Å². The number of ether oxygens (including phenoxy) is 2. The van der Waals surface area contributed by atoms with Gasteiger partial charge >= 0.3 is 5.69 Å². The zero-order valence-corrected chi connectivity index (χ0v) is 16.3. The zero-order chi connectivity index (χ0) is 19.6. The van der Waals surface area contributed by atoms with Gasteiger partial charge in [-0.25, -0.2) is 4.79 Å². The highest BCUT2D eigenvalue weighted by Gasteiger charge is 2.16. The van der Waals surface area contributed by atoms with Gasteiger partial charge in [0.05, 0.1) is 17.9 Å². The van der Waals surface area contributed by atoms with E-state index in [0.29, 0.717) is 18.0 Å². The fourth-order valence-corrected chi connectivity index (χ4v) is 2.89. The van der Waals surface area contributed by atoms with Gasteiger partial charge in [-0.1, -0.05) is 12.1 Å². The van der Waals surface area contributed by atoms with Crippen molar-refractivity contribution >= 4 is 0 Å². The summed E-state index contributed by atoms with van der Waals surface area (Å²) in [5.41, 5.74) is 4.47. The third kappa shape index (κ3) is 3.72. The van der Waals surface area contributed by atoms with Crippen LogP contribution in [0.1, 0.15) is 29.2 Å². The molecule has 0 unspecified atom stereocenters. The smallest absolute Gasteiger partial charge is 0.368 e. The summed E-state index contributed by atoms with van der Waals surface area (Å²) in [5.74, 6) is 1.47. The summed E-state index contributed by atoms with van der Waals surface area (Å²) in [6, 6.07) is 9.63. The molecule has 0 fully saturated rings. The Balaban J connectivity index is 2.02. The van der Waals surface area contributed by atoms with Crippen molar-refractivity contribution in [3.8, 4) is 17.2 Å². The lowest BCUT2D eigenvalue weighted by Gasteiger charge is -2.16. The van der Waals surface area contributed by atoms with Crippen LogP contribution in [0.4, 0.5) is 0 Å². The molecule has 0 amide bonds. The maximum atomic E-state index is 12.3. The predicted octanol–water partition coefficient (Wildman–Crippen LogP) is 2.87. The van der Waals surface area contributed by atoms with E-state index in [4.69, 9.17) is 9.47 Å². The standard InChI is InChI=1S/C20H24N4O3/c1-6-26-18-9-7-8-17(24-20(25)23(5)21-22-24)16(18)12-27-19-11-14(3)13(2)10-15(19)4/h7-11H,6,12H2,1-5H3. The van der Waals surface area contributed by atoms with Crippen LogP contribution in [0, 0.1) is 20.8 Å². The molecule has 0 radical (unpaired) electrons. The van der Waals surface area contributed by atoms with Crippen molar-refractivity contribution in [1.29, 1.82) is 0 Å². The Kier molecular flexibility index (Phi) is 5.30. The number of hydrogen-bond acceptors (Lipinski definition) is 5. The van der Waals surface area contributed by atoms with Gasteiger partial charge in [-0.15, -0.1) is 0 Å². The summed E-state index contributed by atoms with van der Waals surface area (Å²) >= 11 is 0. The summed E-state index contributed by atoms with van der Waals surface area (Å²) < 4.78 is 14.3. The van der Waals surface area contributed by atoms with Gasteiger partial charge in [0.1, 0.15) is 18.1 Å². The Morgan fingerprint density at radius 2 is 1.70 bits per heavy atom. The molecule has 3 rings (SSSR count). The van der Waals surface area contributed by atoms with Crippen LogP contribution in [0.5, 0.6) is 11.5 Å². The third-order valence-electron chi connectivity index (χ3n) is 4.52. The fourth-order valence-electron chi connectivity index (χ4n) is 2.89. The topological polar surface area (TPSA) is 71.2 Å². The number of hydrogen-bond donors (Lipinski definition) is 0. The minimum atomic E-state index is -0.327. The number of tetrazole rings is 1. The van der Waals surface area contributed by atoms with E-state index in [1.165, 1.54) is 20.5 Å². The maximum Gasteiger partial charge on any atom is 0.368 e. The molecule has 0 aliphatic heterocycles. The molecular weight excluding hydrogens is 344 g/mol.